The molecular formula is C67H65N9. The lowest BCUT2D eigenvalue weighted by Crippen LogP contribution is -1.88. The van der Waals surface area contributed by atoms with Crippen LogP contribution in [0.1, 0.15) is 66.9 Å². The third kappa shape index (κ3) is 13.4. The molecule has 0 bridgehead atoms. The Labute approximate surface area is 446 Å². The Morgan fingerprint density at radius 3 is 1.26 bits per heavy atom. The van der Waals surface area contributed by atoms with Crippen LogP contribution in [0, 0.1) is 83.1 Å². The van der Waals surface area contributed by atoms with Crippen molar-refractivity contribution in [2.24, 2.45) is 0 Å². The molecule has 0 unspecified atom stereocenters. The Bertz CT molecular complexity index is 3740. The van der Waals surface area contributed by atoms with Gasteiger partial charge in [0.05, 0.1) is 60.9 Å². The van der Waals surface area contributed by atoms with Crippen LogP contribution >= 0.6 is 0 Å². The fraction of sp³-hybridized carbons (Fsp3) is 0.179. The molecule has 0 amide bonds. The Morgan fingerprint density at radius 1 is 0.250 bits per heavy atom. The summed E-state index contributed by atoms with van der Waals surface area (Å²) >= 11 is 0. The highest BCUT2D eigenvalue weighted by atomic mass is 14.8. The summed E-state index contributed by atoms with van der Waals surface area (Å²) in [6, 6.07) is 46.1. The molecule has 378 valence electrons. The van der Waals surface area contributed by atoms with Crippen LogP contribution in [0.15, 0.2) is 177 Å². The summed E-state index contributed by atoms with van der Waals surface area (Å²) in [6.07, 6.45) is 12.4. The average molecular weight is 996 g/mol. The van der Waals surface area contributed by atoms with Crippen molar-refractivity contribution in [3.05, 3.63) is 244 Å². The summed E-state index contributed by atoms with van der Waals surface area (Å²) in [7, 11) is 0. The van der Waals surface area contributed by atoms with Gasteiger partial charge in [0, 0.05) is 64.9 Å². The van der Waals surface area contributed by atoms with Gasteiger partial charge >= 0.3 is 0 Å². The summed E-state index contributed by atoms with van der Waals surface area (Å²) in [5.41, 5.74) is 25.1. The zero-order valence-corrected chi connectivity index (χ0v) is 45.8. The lowest BCUT2D eigenvalue weighted by molar-refractivity contribution is 1.18. The molecule has 0 aliphatic carbocycles. The van der Waals surface area contributed by atoms with E-state index in [1.165, 1.54) is 82.7 Å². The van der Waals surface area contributed by atoms with Crippen molar-refractivity contribution in [3.63, 3.8) is 0 Å². The smallest absolute Gasteiger partial charge is 0.0918 e. The molecule has 76 heavy (non-hydrogen) atoms. The van der Waals surface area contributed by atoms with Gasteiger partial charge in [-0.15, -0.1) is 0 Å². The summed E-state index contributed by atoms with van der Waals surface area (Å²) in [5.74, 6) is 0. The number of fused-ring (bicyclic) bond motifs is 7. The zero-order valence-electron chi connectivity index (χ0n) is 45.8. The molecule has 9 nitrogen and oxygen atoms in total. The number of aryl methyl sites for hydroxylation is 12. The lowest BCUT2D eigenvalue weighted by Gasteiger charge is -2.03. The van der Waals surface area contributed by atoms with Gasteiger partial charge in [0.1, 0.15) is 0 Å². The van der Waals surface area contributed by atoms with Gasteiger partial charge in [-0.25, -0.2) is 9.97 Å². The van der Waals surface area contributed by atoms with E-state index in [9.17, 15) is 0 Å². The normalized spacial score (nSPS) is 10.6. The molecule has 6 heterocycles. The maximum Gasteiger partial charge on any atom is 0.0918 e. The average Bonchev–Trinajstić information content (AvgIpc) is 3.42. The van der Waals surface area contributed by atoms with E-state index in [-0.39, 0.29) is 0 Å². The van der Waals surface area contributed by atoms with Gasteiger partial charge in [-0.05, 0) is 212 Å². The second-order valence-electron chi connectivity index (χ2n) is 19.6. The largest absolute Gasteiger partial charge is 0.256 e. The molecule has 0 atom stereocenters. The van der Waals surface area contributed by atoms with Crippen molar-refractivity contribution in [3.8, 4) is 0 Å². The molecule has 6 aromatic heterocycles. The first-order valence-electron chi connectivity index (χ1n) is 25.6. The molecule has 0 spiro atoms. The monoisotopic (exact) mass is 996 g/mol. The van der Waals surface area contributed by atoms with Crippen LogP contribution in [-0.2, 0) is 0 Å². The molecule has 13 rings (SSSR count). The van der Waals surface area contributed by atoms with E-state index in [1.807, 2.05) is 43.6 Å². The van der Waals surface area contributed by atoms with Gasteiger partial charge < -0.3 is 0 Å². The maximum atomic E-state index is 4.66. The molecular weight excluding hydrogens is 931 g/mol. The molecule has 9 heteroatoms. The Hall–Kier alpha value is -8.95. The van der Waals surface area contributed by atoms with E-state index in [0.717, 1.165) is 60.9 Å². The van der Waals surface area contributed by atoms with Gasteiger partial charge in [0.25, 0.3) is 0 Å². The predicted molar refractivity (Wildman–Crippen MR) is 318 cm³/mol. The molecule has 0 fully saturated rings. The van der Waals surface area contributed by atoms with Gasteiger partial charge in [0.2, 0.25) is 0 Å². The topological polar surface area (TPSA) is 116 Å². The number of hydrogen-bond acceptors (Lipinski definition) is 9. The van der Waals surface area contributed by atoms with Crippen molar-refractivity contribution in [1.29, 1.82) is 0 Å². The number of nitrogens with zero attached hydrogens (tertiary/aromatic N) is 9. The van der Waals surface area contributed by atoms with Crippen LogP contribution in [0.4, 0.5) is 0 Å². The first-order valence-corrected chi connectivity index (χ1v) is 25.6. The van der Waals surface area contributed by atoms with Crippen molar-refractivity contribution >= 4 is 76.7 Å². The standard InChI is InChI=1S/C15H13N.2C11H11N.3C10H10N2/c1-10-3-5-14-12(7-10)9-13-8-11(2)4-6-15(13)16-14;1-8-5-6-9(2)11-10(8)4-3-7-12-11;1-8-6-10-4-3-5-12-11(10)7-9(8)2;1-7-5-9-10(6-8(7)2)12-4-3-11-9;1-7-3-4-9-10(5-7)11-6-8(2)12-9;1-7-3-4-8(2)10-9(7)11-5-6-12-10/h3-9H,1-2H3;2*3-7H,1-2H3;3*3-6H,1-2H3. The highest BCUT2D eigenvalue weighted by Crippen LogP contribution is 2.23. The second-order valence-corrected chi connectivity index (χ2v) is 19.6. The summed E-state index contributed by atoms with van der Waals surface area (Å²) in [4.78, 5) is 38.9. The highest BCUT2D eigenvalue weighted by Gasteiger charge is 2.04. The van der Waals surface area contributed by atoms with Crippen LogP contribution in [0.5, 0.6) is 0 Å². The lowest BCUT2D eigenvalue weighted by atomic mass is 10.1. The second kappa shape index (κ2) is 24.4. The maximum absolute atomic E-state index is 4.66. The Kier molecular flexibility index (Phi) is 17.1. The van der Waals surface area contributed by atoms with E-state index in [4.69, 9.17) is 0 Å². The van der Waals surface area contributed by atoms with E-state index in [2.05, 4.69) is 230 Å². The number of rotatable bonds is 0. The minimum absolute atomic E-state index is 0.964. The van der Waals surface area contributed by atoms with Crippen molar-refractivity contribution in [2.45, 2.75) is 83.1 Å². The Morgan fingerprint density at radius 2 is 0.684 bits per heavy atom. The van der Waals surface area contributed by atoms with E-state index >= 15 is 0 Å². The molecule has 0 aliphatic rings. The van der Waals surface area contributed by atoms with Crippen LogP contribution in [-0.4, -0.2) is 44.9 Å². The van der Waals surface area contributed by atoms with Crippen LogP contribution in [0.3, 0.4) is 0 Å². The summed E-state index contributed by atoms with van der Waals surface area (Å²) in [6.45, 7) is 25.0. The number of aromatic nitrogens is 9. The van der Waals surface area contributed by atoms with Gasteiger partial charge in [-0.3, -0.25) is 34.9 Å². The predicted octanol–water partition coefficient (Wildman–Crippen LogP) is 16.4. The molecule has 0 N–H and O–H groups in total. The van der Waals surface area contributed by atoms with Crippen LogP contribution in [0.25, 0.3) is 76.7 Å². The van der Waals surface area contributed by atoms with E-state index in [1.54, 1.807) is 31.0 Å². The third-order valence-corrected chi connectivity index (χ3v) is 13.3. The molecule has 7 aromatic carbocycles. The minimum Gasteiger partial charge on any atom is -0.256 e. The molecule has 0 saturated heterocycles. The SMILES string of the molecule is Cc1cc2cccnc2cc1C.Cc1cc2nccnc2cc1C.Cc1ccc(C)c2ncccc12.Cc1ccc(C)c2nccnc12.Cc1ccc2nc(C)cnc2c1.Cc1ccc2nc3ccc(C)cc3cc2c1. The van der Waals surface area contributed by atoms with Gasteiger partial charge in [-0.2, -0.15) is 0 Å². The highest BCUT2D eigenvalue weighted by molar-refractivity contribution is 5.93. The van der Waals surface area contributed by atoms with Crippen molar-refractivity contribution in [1.82, 2.24) is 44.9 Å². The van der Waals surface area contributed by atoms with E-state index < -0.39 is 0 Å². The van der Waals surface area contributed by atoms with E-state index in [0.29, 0.717) is 0 Å². The number of hydrogen-bond donors (Lipinski definition) is 0. The Balaban J connectivity index is 0.000000121. The molecule has 0 saturated carbocycles. The fourth-order valence-electron chi connectivity index (χ4n) is 8.63. The summed E-state index contributed by atoms with van der Waals surface area (Å²) in [5, 5.41) is 4.93. The zero-order chi connectivity index (χ0) is 53.9. The molecule has 0 aliphatic heterocycles. The summed E-state index contributed by atoms with van der Waals surface area (Å²) < 4.78 is 0. The quantitative estimate of drug-likeness (QED) is 0.137. The first kappa shape index (κ1) is 53.3. The fourth-order valence-corrected chi connectivity index (χ4v) is 8.63. The van der Waals surface area contributed by atoms with Crippen LogP contribution < -0.4 is 0 Å². The minimum atomic E-state index is 0.964. The first-order chi connectivity index (χ1) is 36.6. The number of benzene rings is 7. The number of pyridine rings is 3. The van der Waals surface area contributed by atoms with Crippen molar-refractivity contribution < 1.29 is 0 Å². The third-order valence-electron chi connectivity index (χ3n) is 13.3. The molecule has 13 aromatic rings. The van der Waals surface area contributed by atoms with Crippen molar-refractivity contribution in [2.75, 3.05) is 0 Å². The van der Waals surface area contributed by atoms with Gasteiger partial charge in [0.15, 0.2) is 0 Å². The van der Waals surface area contributed by atoms with Crippen LogP contribution in [0.2, 0.25) is 0 Å². The van der Waals surface area contributed by atoms with Gasteiger partial charge in [-0.1, -0.05) is 65.7 Å². The molecule has 0 radical (unpaired) electrons.